The largest absolute Gasteiger partial charge is 0.355 e. The number of hydrogen-bond acceptors (Lipinski definition) is 5. The predicted octanol–water partition coefficient (Wildman–Crippen LogP) is 1.09. The number of nitrogens with zero attached hydrogens (tertiary/aromatic N) is 2. The lowest BCUT2D eigenvalue weighted by atomic mass is 10.1. The molecule has 0 spiro atoms. The molecule has 0 bridgehead atoms. The number of hydrogen-bond donors (Lipinski definition) is 3. The van der Waals surface area contributed by atoms with E-state index in [9.17, 15) is 13.2 Å². The van der Waals surface area contributed by atoms with E-state index >= 15 is 0 Å². The molecule has 1 amide bonds. The first-order chi connectivity index (χ1) is 12.9. The summed E-state index contributed by atoms with van der Waals surface area (Å²) in [7, 11) is -3.20. The summed E-state index contributed by atoms with van der Waals surface area (Å²) in [4.78, 5) is 16.4. The van der Waals surface area contributed by atoms with Crippen LogP contribution in [0.25, 0.3) is 0 Å². The molecule has 29 heavy (non-hydrogen) atoms. The van der Waals surface area contributed by atoms with Crippen molar-refractivity contribution >= 4 is 40.7 Å². The molecule has 0 saturated carbocycles. The first-order valence-electron chi connectivity index (χ1n) is 8.95. The van der Waals surface area contributed by atoms with E-state index in [1.165, 1.54) is 5.56 Å². The molecule has 2 rings (SSSR count). The highest BCUT2D eigenvalue weighted by molar-refractivity contribution is 7.89. The van der Waals surface area contributed by atoms with Crippen LogP contribution in [0.2, 0.25) is 0 Å². The fourth-order valence-corrected chi connectivity index (χ4v) is 3.13. The van der Waals surface area contributed by atoms with Crippen LogP contribution >= 0.6 is 24.8 Å². The number of halogens is 2. The lowest BCUT2D eigenvalue weighted by molar-refractivity contribution is -0.122. The maximum absolute atomic E-state index is 12.1. The number of aromatic nitrogens is 2. The molecule has 0 radical (unpaired) electrons. The number of carbonyl (C=O) groups is 1. The molecule has 4 N–H and O–H groups in total. The van der Waals surface area contributed by atoms with Gasteiger partial charge in [-0.15, -0.1) is 24.8 Å². The predicted molar refractivity (Wildman–Crippen MR) is 119 cm³/mol. The van der Waals surface area contributed by atoms with Gasteiger partial charge in [0.15, 0.2) is 0 Å². The van der Waals surface area contributed by atoms with Gasteiger partial charge < -0.3 is 15.6 Å². The average molecular weight is 466 g/mol. The molecule has 0 fully saturated rings. The van der Waals surface area contributed by atoms with Gasteiger partial charge in [-0.1, -0.05) is 30.3 Å². The van der Waals surface area contributed by atoms with Gasteiger partial charge in [-0.3, -0.25) is 4.79 Å². The molecule has 0 unspecified atom stereocenters. The highest BCUT2D eigenvalue weighted by atomic mass is 35.5. The zero-order valence-corrected chi connectivity index (χ0v) is 18.7. The van der Waals surface area contributed by atoms with Crippen LogP contribution in [0.5, 0.6) is 0 Å². The Morgan fingerprint density at radius 3 is 2.55 bits per heavy atom. The number of nitrogens with two attached hydrogens (primary N) is 1. The summed E-state index contributed by atoms with van der Waals surface area (Å²) >= 11 is 0. The standard InChI is InChI=1S/C18H27N5O3S.2ClH/c1-2-27(25,26)22-10-6-9-20-18(24)17(19)11-16-13-23(14-21-16)12-15-7-4-3-5-8-15;;/h3-5,7-8,13-14,17,22H,2,6,9-12,19H2,1H3,(H,20,24);2*1H/t17-;;/m0../s1. The van der Waals surface area contributed by atoms with Gasteiger partial charge in [0.1, 0.15) is 0 Å². The Morgan fingerprint density at radius 2 is 1.90 bits per heavy atom. The van der Waals surface area contributed by atoms with Crippen LogP contribution in [-0.2, 0) is 27.8 Å². The molecule has 11 heteroatoms. The van der Waals surface area contributed by atoms with Crippen LogP contribution in [0.4, 0.5) is 0 Å². The Balaban J connectivity index is 0.00000392. The fraction of sp³-hybridized carbons (Fsp3) is 0.444. The number of imidazole rings is 1. The molecule has 0 aliphatic carbocycles. The van der Waals surface area contributed by atoms with Crippen molar-refractivity contribution in [1.29, 1.82) is 0 Å². The zero-order valence-electron chi connectivity index (χ0n) is 16.3. The molecular formula is C18H29Cl2N5O3S. The van der Waals surface area contributed by atoms with E-state index in [-0.39, 0.29) is 43.0 Å². The minimum Gasteiger partial charge on any atom is -0.355 e. The first kappa shape index (κ1) is 27.4. The number of benzene rings is 1. The average Bonchev–Trinajstić information content (AvgIpc) is 3.08. The third-order valence-electron chi connectivity index (χ3n) is 4.02. The summed E-state index contributed by atoms with van der Waals surface area (Å²) in [6, 6.07) is 9.33. The van der Waals surface area contributed by atoms with E-state index in [2.05, 4.69) is 15.0 Å². The number of rotatable bonds is 11. The van der Waals surface area contributed by atoms with Gasteiger partial charge in [-0.25, -0.2) is 18.1 Å². The molecule has 2 aromatic rings. The topological polar surface area (TPSA) is 119 Å². The van der Waals surface area contributed by atoms with E-state index in [1.54, 1.807) is 13.3 Å². The van der Waals surface area contributed by atoms with Gasteiger partial charge >= 0.3 is 0 Å². The monoisotopic (exact) mass is 465 g/mol. The summed E-state index contributed by atoms with van der Waals surface area (Å²) < 4.78 is 27.0. The summed E-state index contributed by atoms with van der Waals surface area (Å²) in [5.41, 5.74) is 7.87. The maximum atomic E-state index is 12.1. The smallest absolute Gasteiger partial charge is 0.237 e. The lowest BCUT2D eigenvalue weighted by Gasteiger charge is -2.11. The van der Waals surface area contributed by atoms with E-state index < -0.39 is 16.1 Å². The van der Waals surface area contributed by atoms with Crippen molar-refractivity contribution in [3.05, 3.63) is 54.1 Å². The van der Waals surface area contributed by atoms with E-state index in [0.717, 1.165) is 5.69 Å². The molecule has 164 valence electrons. The zero-order chi connectivity index (χ0) is 19.7. The number of carbonyl (C=O) groups excluding carboxylic acids is 1. The van der Waals surface area contributed by atoms with Gasteiger partial charge in [0, 0.05) is 32.3 Å². The van der Waals surface area contributed by atoms with Crippen molar-refractivity contribution in [2.24, 2.45) is 5.73 Å². The van der Waals surface area contributed by atoms with Crippen LogP contribution in [0, 0.1) is 0 Å². The number of sulfonamides is 1. The van der Waals surface area contributed by atoms with Crippen molar-refractivity contribution in [2.45, 2.75) is 32.4 Å². The van der Waals surface area contributed by atoms with Crippen LogP contribution in [-0.4, -0.2) is 48.8 Å². The molecule has 0 aliphatic rings. The summed E-state index contributed by atoms with van der Waals surface area (Å²) in [5.74, 6) is -0.229. The van der Waals surface area contributed by atoms with Crippen molar-refractivity contribution < 1.29 is 13.2 Å². The summed E-state index contributed by atoms with van der Waals surface area (Å²) in [6.45, 7) is 2.93. The van der Waals surface area contributed by atoms with Crippen LogP contribution < -0.4 is 15.8 Å². The molecule has 8 nitrogen and oxygen atoms in total. The Labute approximate surface area is 184 Å². The Hall–Kier alpha value is -1.65. The van der Waals surface area contributed by atoms with E-state index in [4.69, 9.17) is 5.73 Å². The fourth-order valence-electron chi connectivity index (χ4n) is 2.47. The van der Waals surface area contributed by atoms with Gasteiger partial charge in [0.05, 0.1) is 23.8 Å². The third kappa shape index (κ3) is 10.1. The van der Waals surface area contributed by atoms with Crippen LogP contribution in [0.15, 0.2) is 42.9 Å². The first-order valence-corrected chi connectivity index (χ1v) is 10.6. The molecule has 1 heterocycles. The van der Waals surface area contributed by atoms with Crippen molar-refractivity contribution in [2.75, 3.05) is 18.8 Å². The van der Waals surface area contributed by atoms with Crippen molar-refractivity contribution in [3.8, 4) is 0 Å². The molecule has 0 saturated heterocycles. The Bertz CT molecular complexity index is 831. The van der Waals surface area contributed by atoms with Crippen molar-refractivity contribution in [1.82, 2.24) is 19.6 Å². The van der Waals surface area contributed by atoms with Crippen LogP contribution in [0.1, 0.15) is 24.6 Å². The SMILES string of the molecule is CCS(=O)(=O)NCCCNC(=O)[C@@H](N)Cc1cn(Cc2ccccc2)cn1.Cl.Cl. The van der Waals surface area contributed by atoms with Crippen LogP contribution in [0.3, 0.4) is 0 Å². The highest BCUT2D eigenvalue weighted by Gasteiger charge is 2.15. The van der Waals surface area contributed by atoms with E-state index in [0.29, 0.717) is 25.9 Å². The minimum atomic E-state index is -3.20. The molecular weight excluding hydrogens is 437 g/mol. The maximum Gasteiger partial charge on any atom is 0.237 e. The molecule has 1 aromatic heterocycles. The highest BCUT2D eigenvalue weighted by Crippen LogP contribution is 2.05. The van der Waals surface area contributed by atoms with Crippen molar-refractivity contribution in [3.63, 3.8) is 0 Å². The quantitative estimate of drug-likeness (QED) is 0.429. The number of amides is 1. The Kier molecular flexibility index (Phi) is 12.8. The normalized spacial score (nSPS) is 11.8. The number of nitrogens with one attached hydrogen (secondary N) is 2. The molecule has 1 aromatic carbocycles. The van der Waals surface area contributed by atoms with Gasteiger partial charge in [0.2, 0.25) is 15.9 Å². The molecule has 1 atom stereocenters. The lowest BCUT2D eigenvalue weighted by Crippen LogP contribution is -2.43. The second kappa shape index (κ2) is 13.6. The summed E-state index contributed by atoms with van der Waals surface area (Å²) in [6.07, 6.45) is 4.46. The summed E-state index contributed by atoms with van der Waals surface area (Å²) in [5, 5.41) is 2.72. The van der Waals surface area contributed by atoms with Gasteiger partial charge in [-0.2, -0.15) is 0 Å². The van der Waals surface area contributed by atoms with Gasteiger partial charge in [0.25, 0.3) is 0 Å². The second-order valence-corrected chi connectivity index (χ2v) is 8.37. The second-order valence-electron chi connectivity index (χ2n) is 6.28. The molecule has 0 aliphatic heterocycles. The van der Waals surface area contributed by atoms with E-state index in [1.807, 2.05) is 41.1 Å². The minimum absolute atomic E-state index is 0. The Morgan fingerprint density at radius 1 is 1.21 bits per heavy atom. The third-order valence-corrected chi connectivity index (χ3v) is 5.42. The van der Waals surface area contributed by atoms with Gasteiger partial charge in [-0.05, 0) is 18.9 Å².